The lowest BCUT2D eigenvalue weighted by atomic mass is 10.0. The Morgan fingerprint density at radius 3 is 2.60 bits per heavy atom. The first-order chi connectivity index (χ1) is 9.42. The minimum atomic E-state index is -0.876. The molecular weight excluding hydrogens is 276 g/mol. The molecule has 2 rings (SSSR count). The van der Waals surface area contributed by atoms with Crippen molar-refractivity contribution in [1.82, 2.24) is 4.98 Å². The van der Waals surface area contributed by atoms with Crippen molar-refractivity contribution in [3.63, 3.8) is 0 Å². The summed E-state index contributed by atoms with van der Waals surface area (Å²) in [5.74, 6) is -0.708. The van der Waals surface area contributed by atoms with Crippen LogP contribution in [-0.2, 0) is 4.74 Å². The van der Waals surface area contributed by atoms with Gasteiger partial charge in [-0.15, -0.1) is 0 Å². The van der Waals surface area contributed by atoms with Gasteiger partial charge in [0.1, 0.15) is 4.88 Å². The number of ether oxygens (including phenoxy) is 1. The van der Waals surface area contributed by atoms with E-state index >= 15 is 0 Å². The number of hydrogen-bond donors (Lipinski definition) is 1. The maximum atomic E-state index is 11.4. The fourth-order valence-electron chi connectivity index (χ4n) is 2.47. The molecule has 0 amide bonds. The Kier molecular flexibility index (Phi) is 4.65. The molecule has 2 heterocycles. The van der Waals surface area contributed by atoms with E-state index in [4.69, 9.17) is 4.74 Å². The first-order valence-corrected chi connectivity index (χ1v) is 7.88. The number of carbonyl (C=O) groups is 1. The molecule has 6 heteroatoms. The largest absolute Gasteiger partial charge is 0.477 e. The molecule has 1 fully saturated rings. The van der Waals surface area contributed by atoms with E-state index in [0.717, 1.165) is 24.6 Å². The molecule has 0 aromatic carbocycles. The minimum absolute atomic E-state index is 0.142. The van der Waals surface area contributed by atoms with E-state index in [2.05, 4.69) is 9.88 Å². The maximum Gasteiger partial charge on any atom is 0.347 e. The molecule has 1 aromatic heterocycles. The molecule has 1 aromatic rings. The zero-order valence-electron chi connectivity index (χ0n) is 12.4. The number of aromatic nitrogens is 1. The number of rotatable bonds is 4. The lowest BCUT2D eigenvalue weighted by Gasteiger charge is -2.35. The summed E-state index contributed by atoms with van der Waals surface area (Å²) >= 11 is 1.28. The summed E-state index contributed by atoms with van der Waals surface area (Å²) in [5.41, 5.74) is 0.715. The summed E-state index contributed by atoms with van der Waals surface area (Å²) in [7, 11) is 0. The van der Waals surface area contributed by atoms with Gasteiger partial charge in [-0.1, -0.05) is 25.2 Å². The number of carboxylic acids is 1. The summed E-state index contributed by atoms with van der Waals surface area (Å²) in [6.07, 6.45) is 1.17. The van der Waals surface area contributed by atoms with Crippen molar-refractivity contribution in [2.45, 2.75) is 52.2 Å². The van der Waals surface area contributed by atoms with Crippen LogP contribution in [0.15, 0.2) is 0 Å². The molecule has 3 unspecified atom stereocenters. The molecule has 0 radical (unpaired) electrons. The quantitative estimate of drug-likeness (QED) is 0.926. The van der Waals surface area contributed by atoms with Crippen molar-refractivity contribution >= 4 is 22.4 Å². The predicted octanol–water partition coefficient (Wildman–Crippen LogP) is 2.97. The molecule has 1 N–H and O–H groups in total. The van der Waals surface area contributed by atoms with Crippen molar-refractivity contribution in [3.8, 4) is 0 Å². The van der Waals surface area contributed by atoms with Crippen LogP contribution in [0.2, 0.25) is 0 Å². The third-order valence-corrected chi connectivity index (χ3v) is 4.73. The van der Waals surface area contributed by atoms with E-state index in [1.807, 2.05) is 27.7 Å². The van der Waals surface area contributed by atoms with Crippen LogP contribution in [0.4, 0.5) is 5.13 Å². The van der Waals surface area contributed by atoms with Crippen LogP contribution in [0.3, 0.4) is 0 Å². The Hall–Kier alpha value is -1.14. The zero-order valence-corrected chi connectivity index (χ0v) is 13.2. The Bertz CT molecular complexity index is 479. The average molecular weight is 298 g/mol. The van der Waals surface area contributed by atoms with Gasteiger partial charge < -0.3 is 14.7 Å². The van der Waals surface area contributed by atoms with Crippen LogP contribution in [0.25, 0.3) is 0 Å². The molecular formula is C14H22N2O3S. The molecule has 1 aliphatic rings. The number of anilines is 1. The van der Waals surface area contributed by atoms with Crippen LogP contribution in [0.5, 0.6) is 0 Å². The maximum absolute atomic E-state index is 11.4. The van der Waals surface area contributed by atoms with E-state index in [9.17, 15) is 9.90 Å². The number of thiazole rings is 1. The third kappa shape index (κ3) is 3.12. The SMILES string of the molecule is CCC(C)c1nc(N2CC(C)OC(C)C2)sc1C(=O)O. The lowest BCUT2D eigenvalue weighted by Crippen LogP contribution is -2.45. The van der Waals surface area contributed by atoms with Gasteiger partial charge in [0.15, 0.2) is 5.13 Å². The zero-order chi connectivity index (χ0) is 14.9. The summed E-state index contributed by atoms with van der Waals surface area (Å²) in [6.45, 7) is 9.66. The van der Waals surface area contributed by atoms with Gasteiger partial charge in [-0.3, -0.25) is 0 Å². The van der Waals surface area contributed by atoms with Gasteiger partial charge in [0, 0.05) is 13.1 Å². The topological polar surface area (TPSA) is 62.7 Å². The molecule has 1 aliphatic heterocycles. The predicted molar refractivity (Wildman–Crippen MR) is 80.0 cm³/mol. The Labute approximate surface area is 123 Å². The number of hydrogen-bond acceptors (Lipinski definition) is 5. The van der Waals surface area contributed by atoms with Gasteiger partial charge in [0.05, 0.1) is 17.9 Å². The van der Waals surface area contributed by atoms with Gasteiger partial charge in [-0.25, -0.2) is 9.78 Å². The average Bonchev–Trinajstić information content (AvgIpc) is 2.81. The summed E-state index contributed by atoms with van der Waals surface area (Å²) in [4.78, 5) is 18.5. The second-order valence-corrected chi connectivity index (χ2v) is 6.47. The molecule has 0 bridgehead atoms. The molecule has 0 spiro atoms. The van der Waals surface area contributed by atoms with Crippen molar-refractivity contribution in [1.29, 1.82) is 0 Å². The second-order valence-electron chi connectivity index (χ2n) is 5.49. The van der Waals surface area contributed by atoms with Crippen molar-refractivity contribution in [2.24, 2.45) is 0 Å². The number of aromatic carboxylic acids is 1. The number of carboxylic acid groups (broad SMARTS) is 1. The Morgan fingerprint density at radius 2 is 2.10 bits per heavy atom. The van der Waals surface area contributed by atoms with Crippen LogP contribution >= 0.6 is 11.3 Å². The normalized spacial score (nSPS) is 24.7. The third-order valence-electron chi connectivity index (χ3n) is 3.61. The van der Waals surface area contributed by atoms with Crippen LogP contribution < -0.4 is 4.90 Å². The molecule has 112 valence electrons. The minimum Gasteiger partial charge on any atom is -0.477 e. The molecule has 3 atom stereocenters. The van der Waals surface area contributed by atoms with Gasteiger partial charge in [0.2, 0.25) is 0 Å². The molecule has 1 saturated heterocycles. The van der Waals surface area contributed by atoms with Crippen molar-refractivity contribution in [2.75, 3.05) is 18.0 Å². The van der Waals surface area contributed by atoms with E-state index in [1.54, 1.807) is 0 Å². The van der Waals surface area contributed by atoms with E-state index in [-0.39, 0.29) is 18.1 Å². The highest BCUT2D eigenvalue weighted by molar-refractivity contribution is 7.17. The molecule has 5 nitrogen and oxygen atoms in total. The van der Waals surface area contributed by atoms with Gasteiger partial charge >= 0.3 is 5.97 Å². The Balaban J connectivity index is 2.30. The van der Waals surface area contributed by atoms with Gasteiger partial charge in [0.25, 0.3) is 0 Å². The fraction of sp³-hybridized carbons (Fsp3) is 0.714. The lowest BCUT2D eigenvalue weighted by molar-refractivity contribution is -0.00524. The smallest absolute Gasteiger partial charge is 0.347 e. The first-order valence-electron chi connectivity index (χ1n) is 7.06. The van der Waals surface area contributed by atoms with E-state index < -0.39 is 5.97 Å². The second kappa shape index (κ2) is 6.10. The van der Waals surface area contributed by atoms with Crippen LogP contribution in [0.1, 0.15) is 55.4 Å². The van der Waals surface area contributed by atoms with Gasteiger partial charge in [-0.05, 0) is 26.2 Å². The van der Waals surface area contributed by atoms with Crippen molar-refractivity contribution < 1.29 is 14.6 Å². The highest BCUT2D eigenvalue weighted by atomic mass is 32.1. The number of morpholine rings is 1. The highest BCUT2D eigenvalue weighted by Gasteiger charge is 2.28. The monoisotopic (exact) mass is 298 g/mol. The molecule has 0 saturated carbocycles. The van der Waals surface area contributed by atoms with Crippen LogP contribution in [-0.4, -0.2) is 41.4 Å². The number of nitrogens with zero attached hydrogens (tertiary/aromatic N) is 2. The van der Waals surface area contributed by atoms with E-state index in [0.29, 0.717) is 10.6 Å². The highest BCUT2D eigenvalue weighted by Crippen LogP contribution is 2.33. The van der Waals surface area contributed by atoms with Gasteiger partial charge in [-0.2, -0.15) is 0 Å². The summed E-state index contributed by atoms with van der Waals surface area (Å²) < 4.78 is 5.71. The molecule has 20 heavy (non-hydrogen) atoms. The Morgan fingerprint density at radius 1 is 1.50 bits per heavy atom. The summed E-state index contributed by atoms with van der Waals surface area (Å²) in [5, 5.41) is 10.2. The standard InChI is InChI=1S/C14H22N2O3S/c1-5-8(2)11-12(13(17)18)20-14(15-11)16-6-9(3)19-10(4)7-16/h8-10H,5-7H2,1-4H3,(H,17,18). The molecule has 0 aliphatic carbocycles. The van der Waals surface area contributed by atoms with Crippen LogP contribution in [0, 0.1) is 0 Å². The van der Waals surface area contributed by atoms with Crippen molar-refractivity contribution in [3.05, 3.63) is 10.6 Å². The fourth-order valence-corrected chi connectivity index (χ4v) is 3.51. The first kappa shape index (κ1) is 15.3. The summed E-state index contributed by atoms with van der Waals surface area (Å²) in [6, 6.07) is 0. The van der Waals surface area contributed by atoms with E-state index in [1.165, 1.54) is 11.3 Å².